The summed E-state index contributed by atoms with van der Waals surface area (Å²) in [6, 6.07) is 19.0. The Balaban J connectivity index is 0.000000321. The fraction of sp³-hybridized carbons (Fsp3) is 0. The van der Waals surface area contributed by atoms with Gasteiger partial charge in [0.2, 0.25) is 11.8 Å². The Bertz CT molecular complexity index is 1220. The summed E-state index contributed by atoms with van der Waals surface area (Å²) in [7, 11) is 0. The van der Waals surface area contributed by atoms with Crippen LogP contribution in [0.1, 0.15) is 11.1 Å². The molecule has 0 aliphatic rings. The monoisotopic (exact) mass is 654 g/mol. The molecular formula is C20H18N10O3Pb. The molecule has 0 spiro atoms. The number of carbonyl (C=O) groups excluding carboxylic acids is 2. The molecule has 2 aromatic carbocycles. The third kappa shape index (κ3) is 10.5. The van der Waals surface area contributed by atoms with Gasteiger partial charge in [0, 0.05) is 0 Å². The van der Waals surface area contributed by atoms with Crippen molar-refractivity contribution in [2.24, 2.45) is 4.99 Å². The van der Waals surface area contributed by atoms with Crippen LogP contribution in [0.5, 0.6) is 0 Å². The fourth-order valence-electron chi connectivity index (χ4n) is 2.16. The molecule has 2 heterocycles. The first-order valence-corrected chi connectivity index (χ1v) is 9.14. The minimum atomic E-state index is -0.414. The largest absolute Gasteiger partial charge is 2.00 e. The van der Waals surface area contributed by atoms with Gasteiger partial charge >= 0.3 is 27.3 Å². The smallest absolute Gasteiger partial charge is 0.412 e. The van der Waals surface area contributed by atoms with E-state index in [1.165, 1.54) is 12.2 Å². The maximum absolute atomic E-state index is 11.4. The van der Waals surface area contributed by atoms with Crippen molar-refractivity contribution in [3.05, 3.63) is 89.6 Å². The Labute approximate surface area is 212 Å². The quantitative estimate of drug-likeness (QED) is 0.204. The predicted octanol–water partition coefficient (Wildman–Crippen LogP) is -0.822. The van der Waals surface area contributed by atoms with E-state index in [0.717, 1.165) is 11.1 Å². The van der Waals surface area contributed by atoms with Gasteiger partial charge in [-0.15, -0.1) is 10.4 Å². The number of aromatic amines is 1. The number of nitrogens with zero attached hydrogens (tertiary/aromatic N) is 8. The van der Waals surface area contributed by atoms with E-state index < -0.39 is 5.91 Å². The van der Waals surface area contributed by atoms with Crippen LogP contribution in [0.15, 0.2) is 77.8 Å². The van der Waals surface area contributed by atoms with Crippen LogP contribution in [0, 0.1) is 0 Å². The second kappa shape index (κ2) is 15.6. The third-order valence-corrected chi connectivity index (χ3v) is 3.55. The molecule has 4 N–H and O–H groups in total. The normalized spacial score (nSPS) is 10.6. The summed E-state index contributed by atoms with van der Waals surface area (Å²) < 4.78 is 0. The Morgan fingerprint density at radius 3 is 2.03 bits per heavy atom. The van der Waals surface area contributed by atoms with Crippen LogP contribution in [0.25, 0.3) is 12.2 Å². The van der Waals surface area contributed by atoms with Gasteiger partial charge in [0.05, 0.1) is 0 Å². The SMILES string of the molecule is O.O=C(/C=C/c1ccccc1)N=c1[n-]nn[nH]1.O=C(/C=C/c1ccccc1)Nc1nnn[n-]1.[Pb+2]. The van der Waals surface area contributed by atoms with Gasteiger partial charge in [0.25, 0.3) is 0 Å². The topological polar surface area (TPSA) is 198 Å². The molecule has 0 saturated carbocycles. The maximum atomic E-state index is 11.4. The zero-order chi connectivity index (χ0) is 22.4. The number of tetrazole rings is 2. The second-order valence-corrected chi connectivity index (χ2v) is 5.85. The minimum absolute atomic E-state index is 0. The number of benzene rings is 2. The van der Waals surface area contributed by atoms with Crippen LogP contribution >= 0.6 is 0 Å². The molecule has 2 amide bonds. The molecule has 14 heteroatoms. The number of anilines is 1. The first-order chi connectivity index (χ1) is 15.7. The van der Waals surface area contributed by atoms with Crippen LogP contribution < -0.4 is 21.1 Å². The predicted molar refractivity (Wildman–Crippen MR) is 122 cm³/mol. The van der Waals surface area contributed by atoms with Crippen LogP contribution in [0.4, 0.5) is 5.95 Å². The molecule has 4 aromatic rings. The molecule has 2 aromatic heterocycles. The number of hydrogen-bond acceptors (Lipinski definition) is 7. The molecule has 0 saturated heterocycles. The number of hydrogen-bond donors (Lipinski definition) is 2. The zero-order valence-corrected chi connectivity index (χ0v) is 21.4. The van der Waals surface area contributed by atoms with Crippen LogP contribution in [-0.4, -0.2) is 75.6 Å². The standard InChI is InChI=1S/2C10H9N5O.H2O.Pb/c2*16-9(11-10-12-14-15-13-10)7-6-8-4-2-1-3-5-8;;/h2*1-7H,(H2,11,12,13,14,15,16);1H2;/q;;;+2/p-2/b2*7-6+;;. The molecule has 0 unspecified atom stereocenters. The van der Waals surface area contributed by atoms with Crippen molar-refractivity contribution in [3.8, 4) is 0 Å². The molecule has 4 rings (SSSR count). The maximum Gasteiger partial charge on any atom is 2.00 e. The number of nitrogens with one attached hydrogen (secondary N) is 2. The first kappa shape index (κ1) is 27.9. The van der Waals surface area contributed by atoms with E-state index in [-0.39, 0.29) is 50.2 Å². The van der Waals surface area contributed by atoms with Gasteiger partial charge in [-0.3, -0.25) is 19.7 Å². The number of H-pyrrole nitrogens is 1. The average Bonchev–Trinajstić information content (AvgIpc) is 3.53. The van der Waals surface area contributed by atoms with Crippen molar-refractivity contribution in [2.75, 3.05) is 5.32 Å². The average molecular weight is 654 g/mol. The van der Waals surface area contributed by atoms with Crippen molar-refractivity contribution < 1.29 is 15.1 Å². The van der Waals surface area contributed by atoms with Crippen LogP contribution in [0.2, 0.25) is 0 Å². The van der Waals surface area contributed by atoms with E-state index in [2.05, 4.69) is 51.6 Å². The van der Waals surface area contributed by atoms with Crippen molar-refractivity contribution in [1.29, 1.82) is 0 Å². The van der Waals surface area contributed by atoms with Gasteiger partial charge in [-0.05, 0) is 23.3 Å². The summed E-state index contributed by atoms with van der Waals surface area (Å²) in [5, 5.41) is 28.3. The van der Waals surface area contributed by atoms with Gasteiger partial charge < -0.3 is 15.9 Å². The molecular weight excluding hydrogens is 635 g/mol. The van der Waals surface area contributed by atoms with Crippen molar-refractivity contribution in [3.63, 3.8) is 0 Å². The summed E-state index contributed by atoms with van der Waals surface area (Å²) in [4.78, 5) is 26.3. The van der Waals surface area contributed by atoms with E-state index in [0.29, 0.717) is 0 Å². The van der Waals surface area contributed by atoms with Crippen molar-refractivity contribution >= 4 is 57.2 Å². The van der Waals surface area contributed by atoms with E-state index in [1.54, 1.807) is 12.2 Å². The van der Waals surface area contributed by atoms with Crippen LogP contribution in [-0.2, 0) is 9.59 Å². The Hall–Kier alpha value is -4.12. The van der Waals surface area contributed by atoms with Crippen molar-refractivity contribution in [2.45, 2.75) is 0 Å². The molecule has 0 aliphatic heterocycles. The van der Waals surface area contributed by atoms with Gasteiger partial charge in [0.15, 0.2) is 0 Å². The summed E-state index contributed by atoms with van der Waals surface area (Å²) >= 11 is 0. The minimum Gasteiger partial charge on any atom is -0.412 e. The number of carbonyl (C=O) groups is 2. The van der Waals surface area contributed by atoms with E-state index in [4.69, 9.17) is 0 Å². The Kier molecular flexibility index (Phi) is 12.8. The van der Waals surface area contributed by atoms with Gasteiger partial charge in [-0.25, -0.2) is 15.4 Å². The molecule has 170 valence electrons. The summed E-state index contributed by atoms with van der Waals surface area (Å²) in [5.41, 5.74) is 1.97. The van der Waals surface area contributed by atoms with Crippen molar-refractivity contribution in [1.82, 2.24) is 41.2 Å². The van der Waals surface area contributed by atoms with E-state index in [9.17, 15) is 9.59 Å². The van der Waals surface area contributed by atoms with Gasteiger partial charge in [-0.1, -0.05) is 72.8 Å². The third-order valence-electron chi connectivity index (χ3n) is 3.55. The number of rotatable bonds is 5. The van der Waals surface area contributed by atoms with Crippen LogP contribution in [0.3, 0.4) is 0 Å². The molecule has 2 radical (unpaired) electrons. The summed E-state index contributed by atoms with van der Waals surface area (Å²) in [6.45, 7) is 0. The molecule has 13 nitrogen and oxygen atoms in total. The van der Waals surface area contributed by atoms with E-state index >= 15 is 0 Å². The first-order valence-electron chi connectivity index (χ1n) is 9.14. The zero-order valence-electron chi connectivity index (χ0n) is 17.5. The van der Waals surface area contributed by atoms with E-state index in [1.807, 2.05) is 60.7 Å². The second-order valence-electron chi connectivity index (χ2n) is 5.85. The number of amides is 2. The molecule has 0 aliphatic carbocycles. The summed E-state index contributed by atoms with van der Waals surface area (Å²) in [6.07, 6.45) is 6.12. The number of aromatic nitrogens is 8. The Morgan fingerprint density at radius 1 is 0.882 bits per heavy atom. The molecule has 0 atom stereocenters. The fourth-order valence-corrected chi connectivity index (χ4v) is 2.16. The van der Waals surface area contributed by atoms with Gasteiger partial charge in [-0.2, -0.15) is 5.21 Å². The molecule has 0 bridgehead atoms. The summed E-state index contributed by atoms with van der Waals surface area (Å²) in [5.74, 6) is -0.635. The Morgan fingerprint density at radius 2 is 1.50 bits per heavy atom. The molecule has 34 heavy (non-hydrogen) atoms. The molecule has 0 fully saturated rings. The van der Waals surface area contributed by atoms with Gasteiger partial charge in [0.1, 0.15) is 11.6 Å².